The molecule has 5 heteroatoms. The highest BCUT2D eigenvalue weighted by atomic mass is 35.5. The number of benzene rings is 2. The molecule has 4 nitrogen and oxygen atoms in total. The lowest BCUT2D eigenvalue weighted by Gasteiger charge is -2.11. The summed E-state index contributed by atoms with van der Waals surface area (Å²) in [6.07, 6.45) is 2.66. The average Bonchev–Trinajstić information content (AvgIpc) is 2.60. The van der Waals surface area contributed by atoms with E-state index in [1.165, 1.54) is 11.1 Å². The second-order valence-corrected chi connectivity index (χ2v) is 6.45. The third-order valence-electron chi connectivity index (χ3n) is 3.93. The van der Waals surface area contributed by atoms with Crippen LogP contribution in [0, 0.1) is 13.8 Å². The zero-order valence-corrected chi connectivity index (χ0v) is 15.1. The van der Waals surface area contributed by atoms with Crippen LogP contribution in [0.5, 0.6) is 0 Å². The van der Waals surface area contributed by atoms with Crippen molar-refractivity contribution in [2.45, 2.75) is 20.3 Å². The molecule has 3 rings (SSSR count). The normalized spacial score (nSPS) is 10.5. The van der Waals surface area contributed by atoms with Gasteiger partial charge in [-0.15, -0.1) is 0 Å². The van der Waals surface area contributed by atoms with Gasteiger partial charge in [0.1, 0.15) is 5.82 Å². The van der Waals surface area contributed by atoms with Crippen molar-refractivity contribution in [1.29, 1.82) is 0 Å². The highest BCUT2D eigenvalue weighted by Crippen LogP contribution is 2.20. The Morgan fingerprint density at radius 2 is 1.80 bits per heavy atom. The van der Waals surface area contributed by atoms with Gasteiger partial charge in [0.05, 0.1) is 0 Å². The summed E-state index contributed by atoms with van der Waals surface area (Å²) in [5.41, 5.74) is 4.62. The molecule has 25 heavy (non-hydrogen) atoms. The van der Waals surface area contributed by atoms with Crippen LogP contribution in [0.15, 0.2) is 54.7 Å². The lowest BCUT2D eigenvalue weighted by molar-refractivity contribution is 1.00. The second-order valence-electron chi connectivity index (χ2n) is 6.01. The fourth-order valence-electron chi connectivity index (χ4n) is 2.49. The third-order valence-corrected chi connectivity index (χ3v) is 4.18. The average molecular weight is 353 g/mol. The molecule has 0 radical (unpaired) electrons. The molecular formula is C20H21ClN4. The molecule has 0 saturated carbocycles. The minimum absolute atomic E-state index is 0.588. The Labute approximate surface area is 153 Å². The van der Waals surface area contributed by atoms with E-state index in [4.69, 9.17) is 11.6 Å². The SMILES string of the molecule is Cc1ccc(C)c(Nc2nccc(NCCc3ccc(Cl)cc3)n2)c1. The van der Waals surface area contributed by atoms with Crippen molar-refractivity contribution in [2.75, 3.05) is 17.2 Å². The Morgan fingerprint density at radius 1 is 1.00 bits per heavy atom. The van der Waals surface area contributed by atoms with Crippen LogP contribution in [0.3, 0.4) is 0 Å². The summed E-state index contributed by atoms with van der Waals surface area (Å²) < 4.78 is 0. The number of halogens is 1. The van der Waals surface area contributed by atoms with Crippen molar-refractivity contribution in [3.8, 4) is 0 Å². The summed E-state index contributed by atoms with van der Waals surface area (Å²) in [5, 5.41) is 7.39. The van der Waals surface area contributed by atoms with Gasteiger partial charge in [-0.25, -0.2) is 4.98 Å². The fourth-order valence-corrected chi connectivity index (χ4v) is 2.62. The van der Waals surface area contributed by atoms with Gasteiger partial charge >= 0.3 is 0 Å². The summed E-state index contributed by atoms with van der Waals surface area (Å²) in [5.74, 6) is 1.39. The Kier molecular flexibility index (Phi) is 5.51. The van der Waals surface area contributed by atoms with Crippen LogP contribution in [0.1, 0.15) is 16.7 Å². The van der Waals surface area contributed by atoms with Crippen molar-refractivity contribution in [3.05, 3.63) is 76.4 Å². The molecular weight excluding hydrogens is 332 g/mol. The van der Waals surface area contributed by atoms with Crippen LogP contribution in [0.4, 0.5) is 17.5 Å². The largest absolute Gasteiger partial charge is 0.370 e. The molecule has 0 saturated heterocycles. The smallest absolute Gasteiger partial charge is 0.229 e. The summed E-state index contributed by atoms with van der Waals surface area (Å²) in [6, 6.07) is 16.0. The molecule has 0 spiro atoms. The van der Waals surface area contributed by atoms with Crippen LogP contribution in [0.25, 0.3) is 0 Å². The van der Waals surface area contributed by atoms with Gasteiger partial charge in [-0.1, -0.05) is 35.9 Å². The summed E-state index contributed by atoms with van der Waals surface area (Å²) in [7, 11) is 0. The zero-order chi connectivity index (χ0) is 17.6. The standard InChI is InChI=1S/C20H21ClN4/c1-14-3-4-15(2)18(13-14)24-20-23-12-10-19(25-20)22-11-9-16-5-7-17(21)8-6-16/h3-8,10,12-13H,9,11H2,1-2H3,(H2,22,23,24,25). The van der Waals surface area contributed by atoms with Crippen molar-refractivity contribution in [3.63, 3.8) is 0 Å². The fraction of sp³-hybridized carbons (Fsp3) is 0.200. The molecule has 0 aliphatic carbocycles. The molecule has 0 bridgehead atoms. The molecule has 0 atom stereocenters. The Balaban J connectivity index is 1.61. The zero-order valence-electron chi connectivity index (χ0n) is 14.4. The second kappa shape index (κ2) is 7.99. The summed E-state index contributed by atoms with van der Waals surface area (Å²) in [6.45, 7) is 4.93. The van der Waals surface area contributed by atoms with E-state index in [2.05, 4.69) is 52.6 Å². The highest BCUT2D eigenvalue weighted by molar-refractivity contribution is 6.30. The van der Waals surface area contributed by atoms with Crippen LogP contribution in [-0.4, -0.2) is 16.5 Å². The maximum atomic E-state index is 5.91. The molecule has 1 heterocycles. The van der Waals surface area contributed by atoms with E-state index in [1.54, 1.807) is 6.20 Å². The minimum Gasteiger partial charge on any atom is -0.370 e. The lowest BCUT2D eigenvalue weighted by atomic mass is 10.1. The summed E-state index contributed by atoms with van der Waals surface area (Å²) in [4.78, 5) is 8.83. The number of nitrogens with zero attached hydrogens (tertiary/aromatic N) is 2. The molecule has 1 aromatic heterocycles. The van der Waals surface area contributed by atoms with Gasteiger partial charge in [0.25, 0.3) is 0 Å². The van der Waals surface area contributed by atoms with Crippen LogP contribution in [0.2, 0.25) is 5.02 Å². The van der Waals surface area contributed by atoms with E-state index < -0.39 is 0 Å². The Bertz CT molecular complexity index is 847. The highest BCUT2D eigenvalue weighted by Gasteiger charge is 2.03. The van der Waals surface area contributed by atoms with Gasteiger partial charge in [0.15, 0.2) is 0 Å². The van der Waals surface area contributed by atoms with E-state index in [-0.39, 0.29) is 0 Å². The third kappa shape index (κ3) is 4.94. The topological polar surface area (TPSA) is 49.8 Å². The van der Waals surface area contributed by atoms with E-state index >= 15 is 0 Å². The number of nitrogens with one attached hydrogen (secondary N) is 2. The number of rotatable bonds is 6. The first kappa shape index (κ1) is 17.2. The maximum absolute atomic E-state index is 5.91. The molecule has 3 aromatic rings. The molecule has 2 aromatic carbocycles. The molecule has 0 aliphatic rings. The Hall–Kier alpha value is -2.59. The quantitative estimate of drug-likeness (QED) is 0.644. The number of aromatic nitrogens is 2. The number of anilines is 3. The van der Waals surface area contributed by atoms with Gasteiger partial charge in [-0.05, 0) is 61.2 Å². The number of hydrogen-bond donors (Lipinski definition) is 2. The van der Waals surface area contributed by atoms with Gasteiger partial charge < -0.3 is 10.6 Å². The van der Waals surface area contributed by atoms with Crippen molar-refractivity contribution >= 4 is 29.1 Å². The van der Waals surface area contributed by atoms with E-state index in [0.717, 1.165) is 35.1 Å². The maximum Gasteiger partial charge on any atom is 0.229 e. The van der Waals surface area contributed by atoms with E-state index in [9.17, 15) is 0 Å². The van der Waals surface area contributed by atoms with Crippen LogP contribution in [-0.2, 0) is 6.42 Å². The molecule has 2 N–H and O–H groups in total. The monoisotopic (exact) mass is 352 g/mol. The molecule has 128 valence electrons. The van der Waals surface area contributed by atoms with Gasteiger partial charge in [0.2, 0.25) is 5.95 Å². The number of hydrogen-bond acceptors (Lipinski definition) is 4. The van der Waals surface area contributed by atoms with Gasteiger partial charge in [0, 0.05) is 23.5 Å². The first-order valence-corrected chi connectivity index (χ1v) is 8.63. The Morgan fingerprint density at radius 3 is 2.60 bits per heavy atom. The van der Waals surface area contributed by atoms with Crippen molar-refractivity contribution < 1.29 is 0 Å². The molecule has 0 aliphatic heterocycles. The summed E-state index contributed by atoms with van der Waals surface area (Å²) >= 11 is 5.91. The molecule has 0 amide bonds. The van der Waals surface area contributed by atoms with Crippen molar-refractivity contribution in [1.82, 2.24) is 9.97 Å². The molecule has 0 unspecified atom stereocenters. The van der Waals surface area contributed by atoms with Gasteiger partial charge in [-0.3, -0.25) is 0 Å². The van der Waals surface area contributed by atoms with Gasteiger partial charge in [-0.2, -0.15) is 4.98 Å². The first-order valence-electron chi connectivity index (χ1n) is 8.26. The minimum atomic E-state index is 0.588. The van der Waals surface area contributed by atoms with Crippen molar-refractivity contribution in [2.24, 2.45) is 0 Å². The molecule has 0 fully saturated rings. The van der Waals surface area contributed by atoms with Crippen LogP contribution >= 0.6 is 11.6 Å². The predicted octanol–water partition coefficient (Wildman–Crippen LogP) is 5.15. The number of aryl methyl sites for hydroxylation is 2. The predicted molar refractivity (Wildman–Crippen MR) is 105 cm³/mol. The lowest BCUT2D eigenvalue weighted by Crippen LogP contribution is -2.08. The van der Waals surface area contributed by atoms with E-state index in [1.807, 2.05) is 30.3 Å². The first-order chi connectivity index (χ1) is 12.1. The van der Waals surface area contributed by atoms with Crippen LogP contribution < -0.4 is 10.6 Å². The van der Waals surface area contributed by atoms with E-state index in [0.29, 0.717) is 5.95 Å².